The third-order valence-electron chi connectivity index (χ3n) is 3.71. The summed E-state index contributed by atoms with van der Waals surface area (Å²) in [7, 11) is -2.99. The van der Waals surface area contributed by atoms with Gasteiger partial charge in [0.15, 0.2) is 9.84 Å². The van der Waals surface area contributed by atoms with Crippen molar-refractivity contribution >= 4 is 31.7 Å². The number of hydrogen-bond acceptors (Lipinski definition) is 3. The molecule has 4 nitrogen and oxygen atoms in total. The molecule has 1 aliphatic rings. The van der Waals surface area contributed by atoms with Gasteiger partial charge in [0.2, 0.25) is 0 Å². The smallest absolute Gasteiger partial charge is 0.253 e. The average Bonchev–Trinajstić information content (AvgIpc) is 2.46. The van der Waals surface area contributed by atoms with E-state index >= 15 is 0 Å². The van der Waals surface area contributed by atoms with Gasteiger partial charge in [-0.2, -0.15) is 0 Å². The summed E-state index contributed by atoms with van der Waals surface area (Å²) in [6, 6.07) is 7.27. The normalized spacial score (nSPS) is 17.2. The van der Waals surface area contributed by atoms with Crippen molar-refractivity contribution in [3.8, 4) is 0 Å². The van der Waals surface area contributed by atoms with Gasteiger partial charge in [0.25, 0.3) is 5.91 Å². The Labute approximate surface area is 128 Å². The van der Waals surface area contributed by atoms with Crippen molar-refractivity contribution in [1.29, 1.82) is 0 Å². The van der Waals surface area contributed by atoms with Crippen LogP contribution in [0, 0.1) is 0 Å². The number of amides is 1. The van der Waals surface area contributed by atoms with Crippen LogP contribution in [-0.2, 0) is 9.84 Å². The Morgan fingerprint density at radius 2 is 2.00 bits per heavy atom. The van der Waals surface area contributed by atoms with E-state index in [1.165, 1.54) is 0 Å². The summed E-state index contributed by atoms with van der Waals surface area (Å²) in [6.45, 7) is 2.69. The molecule has 0 atom stereocenters. The lowest BCUT2D eigenvalue weighted by Gasteiger charge is -2.31. The first-order chi connectivity index (χ1) is 9.44. The lowest BCUT2D eigenvalue weighted by molar-refractivity contribution is 0.0725. The summed E-state index contributed by atoms with van der Waals surface area (Å²) in [5.41, 5.74) is 0.635. The topological polar surface area (TPSA) is 54.5 Å². The molecule has 1 heterocycles. The molecule has 0 N–H and O–H groups in total. The van der Waals surface area contributed by atoms with E-state index in [1.807, 2.05) is 12.1 Å². The van der Waals surface area contributed by atoms with Crippen molar-refractivity contribution in [3.05, 3.63) is 34.3 Å². The van der Waals surface area contributed by atoms with Gasteiger partial charge in [0.05, 0.1) is 5.25 Å². The molecule has 6 heteroatoms. The fraction of sp³-hybridized carbons (Fsp3) is 0.500. The van der Waals surface area contributed by atoms with E-state index in [9.17, 15) is 13.2 Å². The minimum atomic E-state index is -2.99. The van der Waals surface area contributed by atoms with Gasteiger partial charge in [0.1, 0.15) is 0 Å². The van der Waals surface area contributed by atoms with Gasteiger partial charge in [-0.05, 0) is 31.0 Å². The van der Waals surface area contributed by atoms with Crippen molar-refractivity contribution in [2.24, 2.45) is 0 Å². The Morgan fingerprint density at radius 3 is 2.55 bits per heavy atom. The highest BCUT2D eigenvalue weighted by molar-refractivity contribution is 9.10. The van der Waals surface area contributed by atoms with Crippen LogP contribution in [0.5, 0.6) is 0 Å². The highest BCUT2D eigenvalue weighted by Gasteiger charge is 2.30. The Hall–Kier alpha value is -0.880. The van der Waals surface area contributed by atoms with Gasteiger partial charge in [-0.3, -0.25) is 4.79 Å². The third-order valence-corrected chi connectivity index (χ3v) is 6.50. The predicted octanol–water partition coefficient (Wildman–Crippen LogP) is 2.49. The number of carbonyl (C=O) groups excluding carboxylic acids is 1. The van der Waals surface area contributed by atoms with Crippen molar-refractivity contribution in [3.63, 3.8) is 0 Å². The maximum absolute atomic E-state index is 12.3. The van der Waals surface area contributed by atoms with E-state index in [-0.39, 0.29) is 16.9 Å². The highest BCUT2D eigenvalue weighted by atomic mass is 79.9. The molecule has 0 unspecified atom stereocenters. The molecule has 1 fully saturated rings. The number of sulfone groups is 1. The second kappa shape index (κ2) is 6.26. The van der Waals surface area contributed by atoms with Crippen LogP contribution in [0.25, 0.3) is 0 Å². The van der Waals surface area contributed by atoms with Gasteiger partial charge in [0, 0.05) is 28.9 Å². The van der Waals surface area contributed by atoms with Gasteiger partial charge in [-0.1, -0.05) is 28.9 Å². The van der Waals surface area contributed by atoms with Crippen LogP contribution in [0.1, 0.15) is 30.1 Å². The summed E-state index contributed by atoms with van der Waals surface area (Å²) in [6.07, 6.45) is 1.08. The molecule has 20 heavy (non-hydrogen) atoms. The average molecular weight is 360 g/mol. The number of likely N-dealkylation sites (tertiary alicyclic amines) is 1. The van der Waals surface area contributed by atoms with Crippen molar-refractivity contribution in [2.75, 3.05) is 18.8 Å². The molecule has 2 rings (SSSR count). The first-order valence-corrected chi connectivity index (χ1v) is 9.21. The Balaban J connectivity index is 2.02. The molecule has 0 saturated carbocycles. The maximum atomic E-state index is 12.3. The number of rotatable bonds is 3. The summed E-state index contributed by atoms with van der Waals surface area (Å²) in [4.78, 5) is 14.1. The van der Waals surface area contributed by atoms with Crippen molar-refractivity contribution in [1.82, 2.24) is 4.90 Å². The lowest BCUT2D eigenvalue weighted by atomic mass is 10.1. The minimum absolute atomic E-state index is 0.0290. The van der Waals surface area contributed by atoms with E-state index in [4.69, 9.17) is 0 Å². The van der Waals surface area contributed by atoms with E-state index in [0.29, 0.717) is 31.5 Å². The minimum Gasteiger partial charge on any atom is -0.339 e. The zero-order valence-electron chi connectivity index (χ0n) is 11.4. The standard InChI is InChI=1S/C14H18BrNO3S/c1-2-20(18,19)13-6-8-16(9-7-13)14(17)11-4-3-5-12(15)10-11/h3-5,10,13H,2,6-9H2,1H3. The lowest BCUT2D eigenvalue weighted by Crippen LogP contribution is -2.42. The first kappa shape index (κ1) is 15.5. The van der Waals surface area contributed by atoms with Gasteiger partial charge in [-0.25, -0.2) is 8.42 Å². The Kier molecular flexibility index (Phi) is 4.86. The molecule has 110 valence electrons. The summed E-state index contributed by atoms with van der Waals surface area (Å²) in [5, 5.41) is -0.293. The molecule has 1 amide bonds. The van der Waals surface area contributed by atoms with Crippen LogP contribution in [0.3, 0.4) is 0 Å². The molecule has 1 aliphatic heterocycles. The van der Waals surface area contributed by atoms with Crippen LogP contribution >= 0.6 is 15.9 Å². The molecular weight excluding hydrogens is 342 g/mol. The third kappa shape index (κ3) is 3.41. The van der Waals surface area contributed by atoms with Crippen molar-refractivity contribution < 1.29 is 13.2 Å². The molecule has 1 aromatic rings. The number of hydrogen-bond donors (Lipinski definition) is 0. The second-order valence-corrected chi connectivity index (χ2v) is 8.44. The summed E-state index contributed by atoms with van der Waals surface area (Å²) in [5.74, 6) is 0.149. The van der Waals surface area contributed by atoms with E-state index < -0.39 is 9.84 Å². The molecule has 0 spiro atoms. The van der Waals surface area contributed by atoms with Crippen molar-refractivity contribution in [2.45, 2.75) is 25.0 Å². The number of halogens is 1. The fourth-order valence-corrected chi connectivity index (χ4v) is 4.26. The summed E-state index contributed by atoms with van der Waals surface area (Å²) < 4.78 is 24.5. The molecule has 1 saturated heterocycles. The Morgan fingerprint density at radius 1 is 1.35 bits per heavy atom. The molecule has 0 aromatic heterocycles. The predicted molar refractivity (Wildman–Crippen MR) is 82.5 cm³/mol. The molecular formula is C14H18BrNO3S. The van der Waals surface area contributed by atoms with Crippen LogP contribution < -0.4 is 0 Å². The van der Waals surface area contributed by atoms with E-state index in [0.717, 1.165) is 4.47 Å². The number of carbonyl (C=O) groups is 1. The second-order valence-electron chi connectivity index (χ2n) is 4.95. The monoisotopic (exact) mass is 359 g/mol. The quantitative estimate of drug-likeness (QED) is 0.832. The number of piperidine rings is 1. The summed E-state index contributed by atoms with van der Waals surface area (Å²) >= 11 is 3.35. The van der Waals surface area contributed by atoms with Crippen LogP contribution in [-0.4, -0.2) is 43.3 Å². The van der Waals surface area contributed by atoms with Gasteiger partial charge in [-0.15, -0.1) is 0 Å². The van der Waals surface area contributed by atoms with E-state index in [1.54, 1.807) is 24.0 Å². The first-order valence-electron chi connectivity index (χ1n) is 6.70. The fourth-order valence-electron chi connectivity index (χ4n) is 2.46. The Bertz CT molecular complexity index is 592. The highest BCUT2D eigenvalue weighted by Crippen LogP contribution is 2.21. The maximum Gasteiger partial charge on any atom is 0.253 e. The largest absolute Gasteiger partial charge is 0.339 e. The van der Waals surface area contributed by atoms with Gasteiger partial charge >= 0.3 is 0 Å². The molecule has 0 bridgehead atoms. The van der Waals surface area contributed by atoms with Gasteiger partial charge < -0.3 is 4.90 Å². The number of benzene rings is 1. The van der Waals surface area contributed by atoms with Crippen LogP contribution in [0.4, 0.5) is 0 Å². The zero-order chi connectivity index (χ0) is 14.8. The van der Waals surface area contributed by atoms with Crippen LogP contribution in [0.2, 0.25) is 0 Å². The SMILES string of the molecule is CCS(=O)(=O)C1CCN(C(=O)c2cccc(Br)c2)CC1. The zero-order valence-corrected chi connectivity index (χ0v) is 13.8. The molecule has 1 aromatic carbocycles. The number of nitrogens with zero attached hydrogens (tertiary/aromatic N) is 1. The van der Waals surface area contributed by atoms with Crippen LogP contribution in [0.15, 0.2) is 28.7 Å². The molecule has 0 radical (unpaired) electrons. The molecule has 0 aliphatic carbocycles. The van der Waals surface area contributed by atoms with E-state index in [2.05, 4.69) is 15.9 Å².